The van der Waals surface area contributed by atoms with Crippen molar-refractivity contribution >= 4 is 54.4 Å². The Balaban J connectivity index is -0.0000000453. The van der Waals surface area contributed by atoms with Gasteiger partial charge in [0.05, 0.1) is 0 Å². The summed E-state index contributed by atoms with van der Waals surface area (Å²) in [6.45, 7) is 1.11. The van der Waals surface area contributed by atoms with E-state index in [0.29, 0.717) is 0 Å². The topological polar surface area (TPSA) is 121 Å². The van der Waals surface area contributed by atoms with Crippen molar-refractivity contribution < 1.29 is 29.4 Å². The van der Waals surface area contributed by atoms with Crippen molar-refractivity contribution in [3.63, 3.8) is 0 Å². The first-order valence-corrected chi connectivity index (χ1v) is 10.7. The summed E-state index contributed by atoms with van der Waals surface area (Å²) in [7, 11) is 0. The van der Waals surface area contributed by atoms with Gasteiger partial charge in [-0.3, -0.25) is 0 Å². The molecule has 0 fully saturated rings. The van der Waals surface area contributed by atoms with Gasteiger partial charge in [-0.2, -0.15) is 0 Å². The number of rotatable bonds is 2. The van der Waals surface area contributed by atoms with Crippen molar-refractivity contribution in [1.29, 1.82) is 0 Å². The van der Waals surface area contributed by atoms with E-state index in [1.165, 1.54) is 25.7 Å². The molecule has 0 rings (SSSR count). The summed E-state index contributed by atoms with van der Waals surface area (Å²) < 4.78 is 0. The van der Waals surface area contributed by atoms with E-state index in [1.54, 1.807) is 0 Å². The fraction of sp³-hybridized carbons (Fsp3) is 1.00. The van der Waals surface area contributed by atoms with Crippen LogP contribution in [0.15, 0.2) is 0 Å². The first-order valence-electron chi connectivity index (χ1n) is 5.39. The van der Waals surface area contributed by atoms with Crippen LogP contribution in [0.1, 0.15) is 53.4 Å². The van der Waals surface area contributed by atoms with Crippen LogP contribution in [-0.4, -0.2) is 46.7 Å². The van der Waals surface area contributed by atoms with Gasteiger partial charge in [-0.25, -0.2) is 0 Å². The highest BCUT2D eigenvalue weighted by atomic mass is 32.5. The van der Waals surface area contributed by atoms with Crippen molar-refractivity contribution in [2.24, 2.45) is 0 Å². The molecule has 122 valence electrons. The van der Waals surface area contributed by atoms with Crippen LogP contribution in [0.4, 0.5) is 0 Å². The zero-order valence-electron chi connectivity index (χ0n) is 11.2. The highest BCUT2D eigenvalue weighted by Gasteiger charge is 1.92. The minimum atomic E-state index is -3.81. The molecule has 0 radical (unpaired) electrons. The monoisotopic (exact) mass is 374 g/mol. The summed E-state index contributed by atoms with van der Waals surface area (Å²) in [5.74, 6) is 0. The van der Waals surface area contributed by atoms with Crippen molar-refractivity contribution in [2.45, 2.75) is 53.4 Å². The maximum absolute atomic E-state index is 7.56. The molecular weight excluding hydrogens is 345 g/mol. The van der Waals surface area contributed by atoms with Gasteiger partial charge in [0.15, 0.2) is 17.4 Å². The van der Waals surface area contributed by atoms with Crippen molar-refractivity contribution in [1.82, 2.24) is 0 Å². The molecule has 0 aromatic heterocycles. The molecule has 0 spiro atoms. The van der Waals surface area contributed by atoms with Crippen molar-refractivity contribution in [2.75, 3.05) is 0 Å². The molecule has 0 aromatic carbocycles. The van der Waals surface area contributed by atoms with Crippen LogP contribution >= 0.6 is 13.4 Å². The molecule has 0 saturated heterocycles. The van der Waals surface area contributed by atoms with Gasteiger partial charge < -0.3 is 29.4 Å². The second kappa shape index (κ2) is 21.9. The van der Waals surface area contributed by atoms with Crippen LogP contribution in [0.5, 0.6) is 0 Å². The number of hydrogen-bond donors (Lipinski definition) is 6. The molecule has 0 bridgehead atoms. The lowest BCUT2D eigenvalue weighted by molar-refractivity contribution is 0.361. The number of hydrogen-bond acceptors (Lipinski definition) is 2. The van der Waals surface area contributed by atoms with Crippen LogP contribution in [0, 0.1) is 0 Å². The first-order chi connectivity index (χ1) is 7.83. The molecule has 0 aliphatic heterocycles. The lowest BCUT2D eigenvalue weighted by Gasteiger charge is -1.88. The molecule has 19 heavy (non-hydrogen) atoms. The Hall–Kier alpha value is 1.59. The van der Waals surface area contributed by atoms with Crippen LogP contribution in [0.3, 0.4) is 0 Å². The fourth-order valence-electron chi connectivity index (χ4n) is 0. The van der Waals surface area contributed by atoms with Crippen molar-refractivity contribution in [3.8, 4) is 0 Å². The molecule has 6 nitrogen and oxygen atoms in total. The molecule has 0 aromatic rings. The summed E-state index contributed by atoms with van der Waals surface area (Å²) in [4.78, 5) is 45.3. The summed E-state index contributed by atoms with van der Waals surface area (Å²) >= 11 is 7.21. The van der Waals surface area contributed by atoms with Gasteiger partial charge in [0.1, 0.15) is 0 Å². The fourth-order valence-corrected chi connectivity index (χ4v) is 0. The van der Waals surface area contributed by atoms with Gasteiger partial charge in [0.2, 0.25) is 0 Å². The normalized spacial score (nSPS) is 9.37. The quantitative estimate of drug-likeness (QED) is 0.310. The lowest BCUT2D eigenvalue weighted by atomic mass is 10.4. The Labute approximate surface area is 137 Å². The molecule has 0 aliphatic rings. The van der Waals surface area contributed by atoms with Gasteiger partial charge in [-0.15, -0.1) is 0 Å². The molecule has 6 N–H and O–H groups in total. The summed E-state index contributed by atoms with van der Waals surface area (Å²) in [5.41, 5.74) is 0. The largest absolute Gasteiger partial charge is 0.325 e. The molecule has 0 unspecified atom stereocenters. The van der Waals surface area contributed by atoms with Gasteiger partial charge in [0.25, 0.3) is 0 Å². The van der Waals surface area contributed by atoms with Crippen LogP contribution in [-0.2, 0) is 23.6 Å². The minimum Gasteiger partial charge on any atom is -0.325 e. The predicted octanol–water partition coefficient (Wildman–Crippen LogP) is 0.805. The van der Waals surface area contributed by atoms with E-state index in [4.69, 9.17) is 29.4 Å². The van der Waals surface area contributed by atoms with Crippen LogP contribution < -0.4 is 0 Å². The van der Waals surface area contributed by atoms with E-state index >= 15 is 0 Å². The Bertz CT molecular complexity index is 189. The lowest BCUT2D eigenvalue weighted by Crippen LogP contribution is -1.65. The highest BCUT2D eigenvalue weighted by molar-refractivity contribution is 8.06. The Morgan fingerprint density at radius 2 is 0.632 bits per heavy atom. The summed E-state index contributed by atoms with van der Waals surface area (Å²) in [6, 6.07) is 0. The predicted molar refractivity (Wildman–Crippen MR) is 93.0 cm³/mol. The Morgan fingerprint density at radius 3 is 0.632 bits per heavy atom. The van der Waals surface area contributed by atoms with E-state index in [1.807, 2.05) is 0 Å². The second-order valence-corrected chi connectivity index (χ2v) is 8.02. The van der Waals surface area contributed by atoms with Crippen molar-refractivity contribution in [3.05, 3.63) is 0 Å². The van der Waals surface area contributed by atoms with Crippen LogP contribution in [0.2, 0.25) is 0 Å². The Kier molecular flexibility index (Phi) is 37.4. The summed E-state index contributed by atoms with van der Waals surface area (Å²) in [6.07, 6.45) is 5.28. The van der Waals surface area contributed by atoms with Gasteiger partial charge in [-0.05, 0) is 23.6 Å². The molecule has 0 heterocycles. The average molecular weight is 374 g/mol. The van der Waals surface area contributed by atoms with Gasteiger partial charge in [0, 0.05) is 0 Å². The van der Waals surface area contributed by atoms with E-state index in [0.717, 1.165) is 0 Å². The second-order valence-electron chi connectivity index (χ2n) is 3.03. The van der Waals surface area contributed by atoms with Crippen LogP contribution in [0.25, 0.3) is 0 Å². The zero-order valence-corrected chi connectivity index (χ0v) is 14.6. The first kappa shape index (κ1) is 32.5. The SMILES string of the molecule is CCCC.CCCC.OP(O)(O)=S.OP(O)(O)=S.[AlH3]. The van der Waals surface area contributed by atoms with Gasteiger partial charge in [-0.1, -0.05) is 53.4 Å². The van der Waals surface area contributed by atoms with E-state index in [-0.39, 0.29) is 17.4 Å². The summed E-state index contributed by atoms with van der Waals surface area (Å²) in [5, 5.41) is 0. The highest BCUT2D eigenvalue weighted by Crippen LogP contribution is 2.26. The minimum absolute atomic E-state index is 0. The molecular formula is C8H29AlO6P2S2. The third-order valence-corrected chi connectivity index (χ3v) is 1.000. The maximum atomic E-state index is 7.56. The van der Waals surface area contributed by atoms with Gasteiger partial charge >= 0.3 is 13.4 Å². The van der Waals surface area contributed by atoms with E-state index < -0.39 is 13.4 Å². The average Bonchev–Trinajstić information content (AvgIpc) is 2.12. The molecule has 0 amide bonds. The smallest absolute Gasteiger partial charge is 0.319 e. The molecule has 0 saturated carbocycles. The Morgan fingerprint density at radius 1 is 0.579 bits per heavy atom. The van der Waals surface area contributed by atoms with E-state index in [9.17, 15) is 0 Å². The van der Waals surface area contributed by atoms with E-state index in [2.05, 4.69) is 51.3 Å². The standard InChI is InChI=1S/2C4H10.Al.2H3O3PS.3H/c2*1-3-4-2;;2*1-4(2,3)5;;;/h2*3-4H2,1-2H3;;2*(H3,1,2,3,5);;;. The third kappa shape index (κ3) is 470. The zero-order chi connectivity index (χ0) is 15.8. The molecule has 0 atom stereocenters. The molecule has 11 heteroatoms. The maximum Gasteiger partial charge on any atom is 0.319 e. The number of unbranched alkanes of at least 4 members (excludes halogenated alkanes) is 2. The molecule has 0 aliphatic carbocycles. The third-order valence-electron chi connectivity index (χ3n) is 1.000.